The molecular weight excluding hydrogens is 955 g/mol. The van der Waals surface area contributed by atoms with Crippen molar-refractivity contribution in [3.8, 4) is 74.8 Å². The van der Waals surface area contributed by atoms with Gasteiger partial charge in [0.15, 0.2) is 0 Å². The van der Waals surface area contributed by atoms with E-state index < -0.39 is 0 Å². The van der Waals surface area contributed by atoms with E-state index >= 15 is 0 Å². The van der Waals surface area contributed by atoms with Crippen LogP contribution in [0.25, 0.3) is 110 Å². The van der Waals surface area contributed by atoms with Gasteiger partial charge >= 0.3 is 0 Å². The second-order valence-corrected chi connectivity index (χ2v) is 18.5. The molecule has 0 aliphatic carbocycles. The average Bonchev–Trinajstić information content (AvgIpc) is 4.22. The number of benzene rings is 9. The Hall–Kier alpha value is -9.93. The van der Waals surface area contributed by atoms with Crippen LogP contribution in [0.2, 0.25) is 0 Å². The number of aromatic nitrogens is 4. The fraction of sp³-hybridized carbons (Fsp3) is 0.127. The molecule has 9 aromatic carbocycles. The van der Waals surface area contributed by atoms with Crippen LogP contribution in [-0.2, 0) is 0 Å². The van der Waals surface area contributed by atoms with Gasteiger partial charge in [0.1, 0.15) is 57.6 Å². The van der Waals surface area contributed by atoms with Gasteiger partial charge in [-0.15, -0.1) is 0 Å². The molecule has 0 aliphatic heterocycles. The number of methoxy groups -OCH3 is 8. The average molecular weight is 1000 g/mol. The summed E-state index contributed by atoms with van der Waals surface area (Å²) < 4.78 is 56.1. The third-order valence-electron chi connectivity index (χ3n) is 15.0. The van der Waals surface area contributed by atoms with E-state index in [9.17, 15) is 5.26 Å². The predicted molar refractivity (Wildman–Crippen MR) is 301 cm³/mol. The van der Waals surface area contributed by atoms with Gasteiger partial charge in [0.25, 0.3) is 0 Å². The molecule has 0 N–H and O–H groups in total. The number of fused-ring (bicyclic) bond motifs is 12. The highest BCUT2D eigenvalue weighted by Crippen LogP contribution is 2.49. The molecule has 0 amide bonds. The largest absolute Gasteiger partial charge is 0.497 e. The zero-order valence-electron chi connectivity index (χ0n) is 42.9. The minimum absolute atomic E-state index is 0.386. The van der Waals surface area contributed by atoms with Crippen LogP contribution in [-0.4, -0.2) is 75.1 Å². The van der Waals surface area contributed by atoms with Crippen LogP contribution in [0.3, 0.4) is 0 Å². The van der Waals surface area contributed by atoms with Crippen molar-refractivity contribution in [1.82, 2.24) is 18.3 Å². The van der Waals surface area contributed by atoms with Gasteiger partial charge in [0, 0.05) is 43.1 Å². The number of nitrogens with zero attached hydrogens (tertiary/aromatic N) is 5. The Morgan fingerprint density at radius 1 is 0.263 bits per heavy atom. The molecule has 4 heterocycles. The SMILES string of the molecule is COc1ccc2c(c1)c1cc(OC)ccc1n2-c1cc(-n2c3ccc(OC)cc3c3cc(OC)ccc32)c(-n2c3ccc(OC)cc3c3cc(OC)ccc32)c(C#N)c1-n1c2ccc(OC)cc2c2cc(OC)ccc21. The summed E-state index contributed by atoms with van der Waals surface area (Å²) >= 11 is 0. The van der Waals surface area contributed by atoms with E-state index in [0.717, 1.165) is 98.6 Å². The Balaban J connectivity index is 1.33. The van der Waals surface area contributed by atoms with Crippen LogP contribution in [0.5, 0.6) is 46.0 Å². The van der Waals surface area contributed by atoms with E-state index in [0.29, 0.717) is 62.9 Å². The number of ether oxygens (including phenoxy) is 8. The molecule has 0 atom stereocenters. The molecule has 0 unspecified atom stereocenters. The number of nitriles is 1. The Morgan fingerprint density at radius 2 is 0.447 bits per heavy atom. The van der Waals surface area contributed by atoms with Gasteiger partial charge in [-0.1, -0.05) is 0 Å². The van der Waals surface area contributed by atoms with Gasteiger partial charge < -0.3 is 56.2 Å². The summed E-state index contributed by atoms with van der Waals surface area (Å²) in [6, 6.07) is 53.9. The Bertz CT molecular complexity index is 4080. The fourth-order valence-electron chi connectivity index (χ4n) is 11.5. The molecule has 0 bridgehead atoms. The topological polar surface area (TPSA) is 117 Å². The van der Waals surface area contributed by atoms with Gasteiger partial charge in [0.05, 0.1) is 124 Å². The second-order valence-electron chi connectivity index (χ2n) is 18.5. The summed E-state index contributed by atoms with van der Waals surface area (Å²) in [5, 5.41) is 20.0. The van der Waals surface area contributed by atoms with E-state index in [-0.39, 0.29) is 0 Å². The molecule has 0 spiro atoms. The molecule has 0 radical (unpaired) electrons. The lowest BCUT2D eigenvalue weighted by Crippen LogP contribution is -2.13. The first-order chi connectivity index (χ1) is 37.3. The summed E-state index contributed by atoms with van der Waals surface area (Å²) in [6.07, 6.45) is 0. The van der Waals surface area contributed by atoms with Gasteiger partial charge in [0.2, 0.25) is 0 Å². The number of hydrogen-bond acceptors (Lipinski definition) is 9. The van der Waals surface area contributed by atoms with E-state index in [4.69, 9.17) is 37.9 Å². The second kappa shape index (κ2) is 17.6. The maximum absolute atomic E-state index is 12.6. The van der Waals surface area contributed by atoms with E-state index in [1.54, 1.807) is 56.9 Å². The van der Waals surface area contributed by atoms with Crippen LogP contribution in [0.15, 0.2) is 152 Å². The summed E-state index contributed by atoms with van der Waals surface area (Å²) in [4.78, 5) is 0. The van der Waals surface area contributed by atoms with E-state index in [1.165, 1.54) is 0 Å². The standard InChI is InChI=1S/C63H49N5O8/c1-69-35-9-17-52-43(25-35)44-26-36(70-2)10-18-53(44)65(52)60-33-61(66-54-19-11-37(71-3)27-45(54)46-28-38(72-4)12-20-55(46)66)63(68-58-23-15-41(75-7)31-49(58)50-32-42(76-8)16-24-59(50)68)51(34-64)62(60)67-56-21-13-39(73-5)29-47(56)48-30-40(74-6)14-22-57(48)67/h9-33H,1-8H3. The van der Waals surface area contributed by atoms with Crippen LogP contribution < -0.4 is 37.9 Å². The lowest BCUT2D eigenvalue weighted by molar-refractivity contribution is 0.415. The molecule has 0 aliphatic rings. The van der Waals surface area contributed by atoms with Crippen molar-refractivity contribution in [3.05, 3.63) is 157 Å². The normalized spacial score (nSPS) is 11.7. The van der Waals surface area contributed by atoms with E-state index in [1.807, 2.05) is 72.8 Å². The number of hydrogen-bond donors (Lipinski definition) is 0. The van der Waals surface area contributed by atoms with Gasteiger partial charge in [-0.3, -0.25) is 0 Å². The van der Waals surface area contributed by atoms with Gasteiger partial charge in [-0.25, -0.2) is 0 Å². The molecule has 0 saturated heterocycles. The van der Waals surface area contributed by atoms with Crippen LogP contribution in [0.1, 0.15) is 5.56 Å². The molecule has 0 saturated carbocycles. The summed E-state index contributed by atoms with van der Waals surface area (Å²) in [5.74, 6) is 5.54. The van der Waals surface area contributed by atoms with Crippen molar-refractivity contribution < 1.29 is 37.9 Å². The van der Waals surface area contributed by atoms with Crippen molar-refractivity contribution >= 4 is 87.2 Å². The third kappa shape index (κ3) is 6.63. The molecule has 13 aromatic rings. The first-order valence-corrected chi connectivity index (χ1v) is 24.5. The monoisotopic (exact) mass is 1000 g/mol. The predicted octanol–water partition coefficient (Wildman–Crippen LogP) is 14.0. The smallest absolute Gasteiger partial charge is 0.119 e. The van der Waals surface area contributed by atoms with Crippen molar-refractivity contribution in [3.63, 3.8) is 0 Å². The lowest BCUT2D eigenvalue weighted by Gasteiger charge is -2.25. The molecule has 13 heteroatoms. The highest BCUT2D eigenvalue weighted by molar-refractivity contribution is 6.16. The van der Waals surface area contributed by atoms with Crippen LogP contribution in [0.4, 0.5) is 0 Å². The van der Waals surface area contributed by atoms with E-state index in [2.05, 4.69) is 103 Å². The summed E-state index contributed by atoms with van der Waals surface area (Å²) in [5.41, 5.74) is 9.98. The van der Waals surface area contributed by atoms with Crippen LogP contribution in [0, 0.1) is 11.3 Å². The van der Waals surface area contributed by atoms with Crippen LogP contribution >= 0.6 is 0 Å². The molecular formula is C63H49N5O8. The first kappa shape index (κ1) is 45.9. The first-order valence-electron chi connectivity index (χ1n) is 24.5. The summed E-state index contributed by atoms with van der Waals surface area (Å²) in [7, 11) is 13.4. The molecule has 76 heavy (non-hydrogen) atoms. The van der Waals surface area contributed by atoms with Gasteiger partial charge in [-0.05, 0) is 152 Å². The fourth-order valence-corrected chi connectivity index (χ4v) is 11.5. The quantitative estimate of drug-likeness (QED) is 0.118. The summed E-state index contributed by atoms with van der Waals surface area (Å²) in [6.45, 7) is 0. The highest BCUT2D eigenvalue weighted by Gasteiger charge is 2.31. The van der Waals surface area contributed by atoms with Gasteiger partial charge in [-0.2, -0.15) is 5.26 Å². The Kier molecular flexibility index (Phi) is 10.7. The third-order valence-corrected chi connectivity index (χ3v) is 15.0. The molecule has 374 valence electrons. The van der Waals surface area contributed by atoms with Crippen molar-refractivity contribution in [1.29, 1.82) is 5.26 Å². The highest BCUT2D eigenvalue weighted by atomic mass is 16.5. The molecule has 0 fully saturated rings. The van der Waals surface area contributed by atoms with Crippen molar-refractivity contribution in [2.45, 2.75) is 0 Å². The zero-order chi connectivity index (χ0) is 52.1. The maximum Gasteiger partial charge on any atom is 0.119 e. The lowest BCUT2D eigenvalue weighted by atomic mass is 10.0. The minimum Gasteiger partial charge on any atom is -0.497 e. The maximum atomic E-state index is 12.6. The van der Waals surface area contributed by atoms with Crippen molar-refractivity contribution in [2.75, 3.05) is 56.9 Å². The molecule has 4 aromatic heterocycles. The Labute approximate surface area is 435 Å². The molecule has 13 nitrogen and oxygen atoms in total. The minimum atomic E-state index is 0.386. The molecule has 13 rings (SSSR count). The zero-order valence-corrected chi connectivity index (χ0v) is 42.9. The Morgan fingerprint density at radius 3 is 0.618 bits per heavy atom. The van der Waals surface area contributed by atoms with Crippen molar-refractivity contribution in [2.24, 2.45) is 0 Å². The number of rotatable bonds is 12.